The summed E-state index contributed by atoms with van der Waals surface area (Å²) in [5.74, 6) is 3.11. The highest BCUT2D eigenvalue weighted by atomic mass is 32.2. The Hall–Kier alpha value is -7.80. The standard InChI is InChI=1S/C61H47N5S/c1-40(42-18-8-3-9-19-42)36-52-41(2)67-57-53(45-30-34-50(35-31-45)61-65-59(48-24-14-6-15-25-48)64-60(66-61)49-26-16-7-17-27-49)37-51(38-54(52)57)56-39-55(62-58(63-56)47-22-12-5-13-23-47)46-32-28-44(29-33-46)43-20-10-4-11-21-43/h3-20,22-39,43,54,57H,21H2,1-2H3/b40-36+. The molecule has 6 aromatic carbocycles. The summed E-state index contributed by atoms with van der Waals surface area (Å²) in [6.45, 7) is 4.50. The van der Waals surface area contributed by atoms with Crippen molar-refractivity contribution in [3.05, 3.63) is 251 Å². The lowest BCUT2D eigenvalue weighted by Crippen LogP contribution is -2.19. The lowest BCUT2D eigenvalue weighted by molar-refractivity contribution is 0.833. The molecule has 0 bridgehead atoms. The maximum atomic E-state index is 5.36. The van der Waals surface area contributed by atoms with E-state index in [0.29, 0.717) is 29.2 Å². The van der Waals surface area contributed by atoms with Crippen molar-refractivity contribution in [3.63, 3.8) is 0 Å². The summed E-state index contributed by atoms with van der Waals surface area (Å²) in [4.78, 5) is 26.9. The molecule has 6 heteroatoms. The number of rotatable bonds is 10. The molecule has 3 atom stereocenters. The smallest absolute Gasteiger partial charge is 0.164 e. The zero-order valence-electron chi connectivity index (χ0n) is 37.4. The molecule has 0 fully saturated rings. The molecule has 0 spiro atoms. The normalized spacial score (nSPS) is 17.8. The Morgan fingerprint density at radius 2 is 1.04 bits per heavy atom. The van der Waals surface area contributed by atoms with Gasteiger partial charge in [-0.15, -0.1) is 11.8 Å². The second-order valence-corrected chi connectivity index (χ2v) is 18.6. The molecule has 2 aromatic heterocycles. The van der Waals surface area contributed by atoms with Crippen LogP contribution in [-0.4, -0.2) is 30.2 Å². The van der Waals surface area contributed by atoms with Gasteiger partial charge in [0.2, 0.25) is 0 Å². The summed E-state index contributed by atoms with van der Waals surface area (Å²) in [7, 11) is 0. The van der Waals surface area contributed by atoms with Gasteiger partial charge in [0.15, 0.2) is 23.3 Å². The molecule has 11 rings (SSSR count). The van der Waals surface area contributed by atoms with Crippen molar-refractivity contribution in [2.24, 2.45) is 5.92 Å². The van der Waals surface area contributed by atoms with E-state index in [1.165, 1.54) is 32.8 Å². The third kappa shape index (κ3) is 8.84. The molecule has 0 N–H and O–H groups in total. The van der Waals surface area contributed by atoms with Crippen LogP contribution in [0.2, 0.25) is 0 Å². The Bertz CT molecular complexity index is 3220. The molecule has 5 nitrogen and oxygen atoms in total. The minimum Gasteiger partial charge on any atom is -0.228 e. The van der Waals surface area contributed by atoms with Crippen molar-refractivity contribution < 1.29 is 0 Å². The quantitative estimate of drug-likeness (QED) is 0.136. The van der Waals surface area contributed by atoms with E-state index >= 15 is 0 Å². The van der Waals surface area contributed by atoms with E-state index < -0.39 is 0 Å². The SMILES string of the molecule is CC1=C(/C=C(\C)c2ccccc2)C2C=C(c3cc(-c4ccc(C5C=CC=CC5)cc4)nc(-c4ccccc4)n3)C=C(c3ccc(-c4nc(-c5ccccc5)nc(-c5ccccc5)n4)cc3)C2S1. The Morgan fingerprint density at radius 3 is 1.61 bits per heavy atom. The summed E-state index contributed by atoms with van der Waals surface area (Å²) < 4.78 is 0. The zero-order chi connectivity index (χ0) is 45.1. The molecule has 3 heterocycles. The van der Waals surface area contributed by atoms with Crippen LogP contribution in [0.5, 0.6) is 0 Å². The van der Waals surface area contributed by atoms with Gasteiger partial charge in [-0.25, -0.2) is 24.9 Å². The van der Waals surface area contributed by atoms with Crippen LogP contribution in [-0.2, 0) is 0 Å². The van der Waals surface area contributed by atoms with E-state index in [1.807, 2.05) is 78.5 Å². The van der Waals surface area contributed by atoms with Crippen LogP contribution in [0.4, 0.5) is 0 Å². The average molecular weight is 882 g/mol. The van der Waals surface area contributed by atoms with Crippen molar-refractivity contribution in [2.75, 3.05) is 0 Å². The largest absolute Gasteiger partial charge is 0.228 e. The van der Waals surface area contributed by atoms with Crippen LogP contribution >= 0.6 is 11.8 Å². The third-order valence-electron chi connectivity index (χ3n) is 12.8. The number of allylic oxidation sites excluding steroid dienone is 11. The van der Waals surface area contributed by atoms with Gasteiger partial charge in [-0.2, -0.15) is 0 Å². The fraction of sp³-hybridized carbons (Fsp3) is 0.0984. The van der Waals surface area contributed by atoms with Gasteiger partial charge in [0.25, 0.3) is 0 Å². The molecule has 0 saturated carbocycles. The Labute approximate surface area is 396 Å². The first-order chi connectivity index (χ1) is 33.0. The van der Waals surface area contributed by atoms with Gasteiger partial charge in [-0.3, -0.25) is 0 Å². The highest BCUT2D eigenvalue weighted by molar-refractivity contribution is 8.04. The van der Waals surface area contributed by atoms with Crippen LogP contribution in [0.1, 0.15) is 48.6 Å². The number of thioether (sulfide) groups is 1. The van der Waals surface area contributed by atoms with Crippen LogP contribution in [0.25, 0.3) is 73.5 Å². The predicted octanol–water partition coefficient (Wildman–Crippen LogP) is 15.2. The molecule has 0 radical (unpaired) electrons. The number of hydrogen-bond donors (Lipinski definition) is 0. The fourth-order valence-corrected chi connectivity index (χ4v) is 10.6. The molecular weight excluding hydrogens is 835 g/mol. The summed E-state index contributed by atoms with van der Waals surface area (Å²) in [6, 6.07) is 61.1. The number of hydrogen-bond acceptors (Lipinski definition) is 6. The van der Waals surface area contributed by atoms with Crippen molar-refractivity contribution >= 4 is 28.5 Å². The summed E-state index contributed by atoms with van der Waals surface area (Å²) in [6.07, 6.45) is 17.0. The van der Waals surface area contributed by atoms with Crippen LogP contribution in [0.15, 0.2) is 229 Å². The predicted molar refractivity (Wildman–Crippen MR) is 278 cm³/mol. The average Bonchev–Trinajstić information content (AvgIpc) is 3.73. The fourth-order valence-electron chi connectivity index (χ4n) is 9.21. The minimum absolute atomic E-state index is 0.110. The van der Waals surface area contributed by atoms with Crippen LogP contribution in [0, 0.1) is 5.92 Å². The Morgan fingerprint density at radius 1 is 0.537 bits per heavy atom. The molecule has 0 amide bonds. The van der Waals surface area contributed by atoms with Gasteiger partial charge in [-0.05, 0) is 76.3 Å². The second-order valence-electron chi connectivity index (χ2n) is 17.2. The number of nitrogens with zero attached hydrogens (tertiary/aromatic N) is 5. The van der Waals surface area contributed by atoms with Crippen LogP contribution < -0.4 is 0 Å². The highest BCUT2D eigenvalue weighted by Gasteiger charge is 2.38. The monoisotopic (exact) mass is 881 g/mol. The van der Waals surface area contributed by atoms with Crippen molar-refractivity contribution in [3.8, 4) is 56.8 Å². The lowest BCUT2D eigenvalue weighted by atomic mass is 9.80. The second kappa shape index (κ2) is 18.6. The molecule has 67 heavy (non-hydrogen) atoms. The third-order valence-corrected chi connectivity index (χ3v) is 14.2. The minimum atomic E-state index is 0.110. The van der Waals surface area contributed by atoms with E-state index in [0.717, 1.165) is 56.8 Å². The van der Waals surface area contributed by atoms with Crippen molar-refractivity contribution in [2.45, 2.75) is 31.4 Å². The van der Waals surface area contributed by atoms with Crippen molar-refractivity contribution in [1.82, 2.24) is 24.9 Å². The maximum Gasteiger partial charge on any atom is 0.164 e. The molecule has 8 aromatic rings. The zero-order valence-corrected chi connectivity index (χ0v) is 38.2. The molecule has 0 saturated heterocycles. The number of aromatic nitrogens is 5. The number of benzene rings is 6. The molecule has 2 aliphatic carbocycles. The topological polar surface area (TPSA) is 64.5 Å². The maximum absolute atomic E-state index is 5.36. The first-order valence-corrected chi connectivity index (χ1v) is 23.8. The molecule has 3 unspecified atom stereocenters. The van der Waals surface area contributed by atoms with E-state index in [-0.39, 0.29) is 11.2 Å². The lowest BCUT2D eigenvalue weighted by Gasteiger charge is -2.27. The molecule has 1 aliphatic heterocycles. The summed E-state index contributed by atoms with van der Waals surface area (Å²) in [5, 5.41) is 0.169. The molecule has 3 aliphatic rings. The molecule has 322 valence electrons. The van der Waals surface area contributed by atoms with Gasteiger partial charge in [0, 0.05) is 44.9 Å². The van der Waals surface area contributed by atoms with Gasteiger partial charge >= 0.3 is 0 Å². The van der Waals surface area contributed by atoms with E-state index in [2.05, 4.69) is 166 Å². The van der Waals surface area contributed by atoms with Gasteiger partial charge < -0.3 is 0 Å². The highest BCUT2D eigenvalue weighted by Crippen LogP contribution is 2.53. The van der Waals surface area contributed by atoms with Gasteiger partial charge in [0.05, 0.1) is 11.4 Å². The van der Waals surface area contributed by atoms with E-state index in [4.69, 9.17) is 24.9 Å². The molecular formula is C61H47N5S. The Balaban J connectivity index is 1.02. The Kier molecular flexibility index (Phi) is 11.6. The van der Waals surface area contributed by atoms with Crippen LogP contribution in [0.3, 0.4) is 0 Å². The summed E-state index contributed by atoms with van der Waals surface area (Å²) >= 11 is 1.96. The summed E-state index contributed by atoms with van der Waals surface area (Å²) in [5.41, 5.74) is 15.2. The number of fused-ring (bicyclic) bond motifs is 1. The van der Waals surface area contributed by atoms with E-state index in [1.54, 1.807) is 0 Å². The van der Waals surface area contributed by atoms with Gasteiger partial charge in [-0.1, -0.05) is 206 Å². The first-order valence-electron chi connectivity index (χ1n) is 22.9. The van der Waals surface area contributed by atoms with Gasteiger partial charge in [0.1, 0.15) is 0 Å². The van der Waals surface area contributed by atoms with Crippen molar-refractivity contribution in [1.29, 1.82) is 0 Å². The van der Waals surface area contributed by atoms with E-state index in [9.17, 15) is 0 Å². The first kappa shape index (κ1) is 41.9.